The van der Waals surface area contributed by atoms with E-state index in [9.17, 15) is 27.6 Å². The minimum absolute atomic E-state index is 0.203. The molecule has 0 aliphatic heterocycles. The largest absolute Gasteiger partial charge is 0.333 e. The predicted octanol–water partition coefficient (Wildman–Crippen LogP) is 0.181. The molecule has 0 bridgehead atoms. The van der Waals surface area contributed by atoms with Crippen LogP contribution in [0.5, 0.6) is 0 Å². The van der Waals surface area contributed by atoms with Crippen LogP contribution in [0.2, 0.25) is 0 Å². The fourth-order valence-electron chi connectivity index (χ4n) is 1.97. The number of benzene rings is 1. The Balaban J connectivity index is 2.51. The zero-order valence-corrected chi connectivity index (χ0v) is 14.9. The Morgan fingerprint density at radius 3 is 2.15 bits per heavy atom. The summed E-state index contributed by atoms with van der Waals surface area (Å²) in [7, 11) is 1.50. The first-order chi connectivity index (χ1) is 11.9. The number of hydrogen-bond acceptors (Lipinski definition) is 3. The first-order valence-electron chi connectivity index (χ1n) is 7.75. The zero-order chi connectivity index (χ0) is 20.1. The van der Waals surface area contributed by atoms with E-state index < -0.39 is 46.5 Å². The summed E-state index contributed by atoms with van der Waals surface area (Å²) < 4.78 is 39.5. The molecule has 0 spiro atoms. The van der Waals surface area contributed by atoms with Crippen LogP contribution in [0, 0.1) is 17.5 Å². The monoisotopic (exact) mass is 375 g/mol. The molecule has 7 nitrogen and oxygen atoms in total. The molecule has 1 rings (SSSR count). The Kier molecular flexibility index (Phi) is 7.13. The lowest BCUT2D eigenvalue weighted by Crippen LogP contribution is -3.11. The Labute approximate surface area is 148 Å². The van der Waals surface area contributed by atoms with Crippen molar-refractivity contribution in [3.8, 4) is 0 Å². The van der Waals surface area contributed by atoms with Gasteiger partial charge in [0.2, 0.25) is 0 Å². The second kappa shape index (κ2) is 8.65. The van der Waals surface area contributed by atoms with E-state index in [0.717, 1.165) is 6.07 Å². The Morgan fingerprint density at radius 1 is 1.00 bits per heavy atom. The second-order valence-electron chi connectivity index (χ2n) is 6.83. The van der Waals surface area contributed by atoms with Gasteiger partial charge in [0.1, 0.15) is 0 Å². The SMILES string of the molecule is C[NH+](CC(=O)NC(=O)NC(C)(C)C)CC(=O)Nc1ccc(F)c(F)c1F. The van der Waals surface area contributed by atoms with Crippen molar-refractivity contribution in [2.24, 2.45) is 0 Å². The first-order valence-corrected chi connectivity index (χ1v) is 7.75. The van der Waals surface area contributed by atoms with E-state index in [-0.39, 0.29) is 13.1 Å². The summed E-state index contributed by atoms with van der Waals surface area (Å²) in [6.45, 7) is 4.78. The molecular formula is C16H22F3N4O3+. The molecule has 0 fully saturated rings. The van der Waals surface area contributed by atoms with E-state index in [2.05, 4.69) is 16.0 Å². The van der Waals surface area contributed by atoms with Crippen molar-refractivity contribution in [1.29, 1.82) is 0 Å². The lowest BCUT2D eigenvalue weighted by Gasteiger charge is -2.20. The number of anilines is 1. The Morgan fingerprint density at radius 2 is 1.58 bits per heavy atom. The molecule has 0 aliphatic rings. The topological polar surface area (TPSA) is 91.7 Å². The van der Waals surface area contributed by atoms with Crippen molar-refractivity contribution in [1.82, 2.24) is 10.6 Å². The molecule has 0 aliphatic carbocycles. The number of nitrogens with one attached hydrogen (secondary N) is 4. The Hall–Kier alpha value is -2.62. The van der Waals surface area contributed by atoms with Gasteiger partial charge in [-0.05, 0) is 32.9 Å². The van der Waals surface area contributed by atoms with Crippen LogP contribution in [-0.4, -0.2) is 43.5 Å². The van der Waals surface area contributed by atoms with Crippen LogP contribution in [0.4, 0.5) is 23.7 Å². The van der Waals surface area contributed by atoms with Gasteiger partial charge in [-0.2, -0.15) is 0 Å². The highest BCUT2D eigenvalue weighted by Gasteiger charge is 2.20. The van der Waals surface area contributed by atoms with E-state index in [1.54, 1.807) is 20.8 Å². The number of quaternary nitrogens is 1. The number of carbonyl (C=O) groups excluding carboxylic acids is 3. The third kappa shape index (κ3) is 7.09. The van der Waals surface area contributed by atoms with Crippen LogP contribution in [0.3, 0.4) is 0 Å². The van der Waals surface area contributed by atoms with Gasteiger partial charge in [0.15, 0.2) is 30.5 Å². The molecule has 0 heterocycles. The van der Waals surface area contributed by atoms with Crippen LogP contribution >= 0.6 is 0 Å². The summed E-state index contributed by atoms with van der Waals surface area (Å²) in [6, 6.07) is 0.916. The summed E-state index contributed by atoms with van der Waals surface area (Å²) in [5, 5.41) is 6.77. The smallest absolute Gasteiger partial charge is 0.322 e. The lowest BCUT2D eigenvalue weighted by molar-refractivity contribution is -0.862. The van der Waals surface area contributed by atoms with E-state index >= 15 is 0 Å². The van der Waals surface area contributed by atoms with Gasteiger partial charge in [0.05, 0.1) is 12.7 Å². The minimum atomic E-state index is -1.69. The standard InChI is InChI=1S/C16H21F3N4O3/c1-16(2,3)22-15(26)21-12(25)8-23(4)7-11(24)20-10-6-5-9(17)13(18)14(10)19/h5-6H,7-8H2,1-4H3,(H,20,24)(H2,21,22,25,26)/p+1. The number of likely N-dealkylation sites (N-methyl/N-ethyl adjacent to an activating group) is 1. The van der Waals surface area contributed by atoms with Gasteiger partial charge >= 0.3 is 6.03 Å². The quantitative estimate of drug-likeness (QED) is 0.554. The van der Waals surface area contributed by atoms with E-state index in [1.165, 1.54) is 7.05 Å². The molecule has 1 atom stereocenters. The van der Waals surface area contributed by atoms with Crippen molar-refractivity contribution in [2.45, 2.75) is 26.3 Å². The van der Waals surface area contributed by atoms with Gasteiger partial charge in [-0.15, -0.1) is 0 Å². The van der Waals surface area contributed by atoms with Gasteiger partial charge in [-0.3, -0.25) is 14.9 Å². The van der Waals surface area contributed by atoms with E-state index in [4.69, 9.17) is 0 Å². The molecule has 0 saturated carbocycles. The number of halogens is 3. The normalized spacial score (nSPS) is 12.3. The van der Waals surface area contributed by atoms with Gasteiger partial charge < -0.3 is 15.5 Å². The molecule has 1 aromatic carbocycles. The van der Waals surface area contributed by atoms with Gasteiger partial charge in [0.25, 0.3) is 11.8 Å². The molecule has 4 N–H and O–H groups in total. The molecule has 1 aromatic rings. The Bertz CT molecular complexity index is 705. The minimum Gasteiger partial charge on any atom is -0.333 e. The van der Waals surface area contributed by atoms with Gasteiger partial charge in [0, 0.05) is 5.54 Å². The maximum Gasteiger partial charge on any atom is 0.322 e. The molecular weight excluding hydrogens is 353 g/mol. The highest BCUT2D eigenvalue weighted by molar-refractivity contribution is 5.95. The number of imide groups is 1. The van der Waals surface area contributed by atoms with E-state index in [1.807, 2.05) is 0 Å². The van der Waals surface area contributed by atoms with Gasteiger partial charge in [-0.25, -0.2) is 18.0 Å². The molecule has 1 unspecified atom stereocenters. The third-order valence-electron chi connectivity index (χ3n) is 2.98. The molecule has 0 saturated heterocycles. The van der Waals surface area contributed by atoms with Crippen LogP contribution in [-0.2, 0) is 9.59 Å². The zero-order valence-electron chi connectivity index (χ0n) is 14.9. The lowest BCUT2D eigenvalue weighted by atomic mass is 10.1. The van der Waals surface area contributed by atoms with Crippen molar-refractivity contribution in [3.05, 3.63) is 29.6 Å². The maximum atomic E-state index is 13.5. The van der Waals surface area contributed by atoms with Crippen LogP contribution in [0.25, 0.3) is 0 Å². The van der Waals surface area contributed by atoms with E-state index in [0.29, 0.717) is 11.0 Å². The summed E-state index contributed by atoms with van der Waals surface area (Å²) in [6.07, 6.45) is 0. The number of hydrogen-bond donors (Lipinski definition) is 4. The van der Waals surface area contributed by atoms with Crippen molar-refractivity contribution in [2.75, 3.05) is 25.5 Å². The van der Waals surface area contributed by atoms with Crippen LogP contribution in [0.15, 0.2) is 12.1 Å². The first kappa shape index (κ1) is 21.4. The average Bonchev–Trinajstić information content (AvgIpc) is 2.45. The summed E-state index contributed by atoms with van der Waals surface area (Å²) in [5.74, 6) is -5.89. The molecule has 0 aromatic heterocycles. The highest BCUT2D eigenvalue weighted by Crippen LogP contribution is 2.19. The number of urea groups is 1. The molecule has 0 radical (unpaired) electrons. The van der Waals surface area contributed by atoms with Crippen LogP contribution in [0.1, 0.15) is 20.8 Å². The fraction of sp³-hybridized carbons (Fsp3) is 0.438. The number of amides is 4. The summed E-state index contributed by atoms with van der Waals surface area (Å²) >= 11 is 0. The molecule has 26 heavy (non-hydrogen) atoms. The van der Waals surface area contributed by atoms with Crippen molar-refractivity contribution in [3.63, 3.8) is 0 Å². The maximum absolute atomic E-state index is 13.5. The summed E-state index contributed by atoms with van der Waals surface area (Å²) in [4.78, 5) is 35.6. The van der Waals surface area contributed by atoms with Crippen LogP contribution < -0.4 is 20.9 Å². The summed E-state index contributed by atoms with van der Waals surface area (Å²) in [5.41, 5.74) is -1.02. The molecule has 4 amide bonds. The predicted molar refractivity (Wildman–Crippen MR) is 88.0 cm³/mol. The number of rotatable bonds is 5. The fourth-order valence-corrected chi connectivity index (χ4v) is 1.97. The second-order valence-corrected chi connectivity index (χ2v) is 6.83. The number of carbonyl (C=O) groups is 3. The average molecular weight is 375 g/mol. The molecule has 144 valence electrons. The molecule has 10 heteroatoms. The van der Waals surface area contributed by atoms with Gasteiger partial charge in [-0.1, -0.05) is 0 Å². The van der Waals surface area contributed by atoms with Crippen molar-refractivity contribution >= 4 is 23.5 Å². The van der Waals surface area contributed by atoms with Crippen molar-refractivity contribution < 1.29 is 32.5 Å². The third-order valence-corrected chi connectivity index (χ3v) is 2.98. The highest BCUT2D eigenvalue weighted by atomic mass is 19.2.